The van der Waals surface area contributed by atoms with Crippen LogP contribution in [0.15, 0.2) is 29.6 Å². The van der Waals surface area contributed by atoms with Gasteiger partial charge in [-0.2, -0.15) is 0 Å². The van der Waals surface area contributed by atoms with E-state index in [1.54, 1.807) is 0 Å². The van der Waals surface area contributed by atoms with E-state index in [4.69, 9.17) is 0 Å². The van der Waals surface area contributed by atoms with Gasteiger partial charge in [0, 0.05) is 23.7 Å². The SMILES string of the molecule is CCc1cccc(CC)c1NC1N(C)CCN1c1ccsc1C. The van der Waals surface area contributed by atoms with Crippen LogP contribution in [-0.2, 0) is 12.8 Å². The normalized spacial score (nSPS) is 18.6. The van der Waals surface area contributed by atoms with E-state index < -0.39 is 0 Å². The summed E-state index contributed by atoms with van der Waals surface area (Å²) in [6.45, 7) is 8.84. The van der Waals surface area contributed by atoms with Gasteiger partial charge in [-0.25, -0.2) is 0 Å². The molecule has 0 radical (unpaired) electrons. The Labute approximate surface area is 143 Å². The van der Waals surface area contributed by atoms with Crippen LogP contribution in [0, 0.1) is 6.92 Å². The smallest absolute Gasteiger partial charge is 0.157 e. The van der Waals surface area contributed by atoms with E-state index in [1.807, 2.05) is 11.3 Å². The molecular weight excluding hydrogens is 302 g/mol. The molecule has 1 aliphatic rings. The van der Waals surface area contributed by atoms with Crippen LogP contribution in [0.5, 0.6) is 0 Å². The molecule has 1 fully saturated rings. The van der Waals surface area contributed by atoms with Gasteiger partial charge in [-0.15, -0.1) is 11.3 Å². The summed E-state index contributed by atoms with van der Waals surface area (Å²) in [5.74, 6) is 0. The third-order valence-corrected chi connectivity index (χ3v) is 5.65. The molecule has 0 amide bonds. The number of likely N-dealkylation sites (N-methyl/N-ethyl adjacent to an activating group) is 1. The van der Waals surface area contributed by atoms with E-state index in [1.165, 1.54) is 27.4 Å². The molecule has 2 aromatic rings. The van der Waals surface area contributed by atoms with Gasteiger partial charge in [0.05, 0.1) is 5.69 Å². The minimum absolute atomic E-state index is 0.223. The van der Waals surface area contributed by atoms with Gasteiger partial charge in [0.25, 0.3) is 0 Å². The highest BCUT2D eigenvalue weighted by atomic mass is 32.1. The predicted molar refractivity (Wildman–Crippen MR) is 102 cm³/mol. The van der Waals surface area contributed by atoms with Crippen LogP contribution in [0.2, 0.25) is 0 Å². The molecule has 1 N–H and O–H groups in total. The average molecular weight is 330 g/mol. The standard InChI is InChI=1S/C19H27N3S/c1-5-15-8-7-9-16(6-2)18(15)20-19-21(4)11-12-22(19)17-10-13-23-14(17)3/h7-10,13,19-20H,5-6,11-12H2,1-4H3. The monoisotopic (exact) mass is 329 g/mol. The Hall–Kier alpha value is -1.52. The molecule has 0 bridgehead atoms. The minimum atomic E-state index is 0.223. The third-order valence-electron chi connectivity index (χ3n) is 4.82. The van der Waals surface area contributed by atoms with Gasteiger partial charge in [-0.05, 0) is 49.4 Å². The zero-order chi connectivity index (χ0) is 16.4. The molecule has 3 nitrogen and oxygen atoms in total. The van der Waals surface area contributed by atoms with E-state index in [2.05, 4.69) is 72.6 Å². The summed E-state index contributed by atoms with van der Waals surface area (Å²) in [4.78, 5) is 6.30. The quantitative estimate of drug-likeness (QED) is 0.881. The Morgan fingerprint density at radius 1 is 1.13 bits per heavy atom. The molecule has 1 saturated heterocycles. The molecule has 1 aromatic heterocycles. The van der Waals surface area contributed by atoms with E-state index in [-0.39, 0.29) is 6.29 Å². The second-order valence-electron chi connectivity index (χ2n) is 6.21. The first-order valence-electron chi connectivity index (χ1n) is 8.54. The summed E-state index contributed by atoms with van der Waals surface area (Å²) in [7, 11) is 2.21. The van der Waals surface area contributed by atoms with Crippen molar-refractivity contribution in [2.45, 2.75) is 39.9 Å². The number of benzene rings is 1. The van der Waals surface area contributed by atoms with Crippen LogP contribution in [0.3, 0.4) is 0 Å². The summed E-state index contributed by atoms with van der Waals surface area (Å²) in [6.07, 6.45) is 2.34. The summed E-state index contributed by atoms with van der Waals surface area (Å²) < 4.78 is 0. The number of para-hydroxylation sites is 1. The highest BCUT2D eigenvalue weighted by molar-refractivity contribution is 7.10. The Bertz CT molecular complexity index is 642. The number of rotatable bonds is 5. The average Bonchev–Trinajstić information content (AvgIpc) is 3.14. The van der Waals surface area contributed by atoms with Crippen molar-refractivity contribution in [3.05, 3.63) is 45.6 Å². The fraction of sp³-hybridized carbons (Fsp3) is 0.474. The van der Waals surface area contributed by atoms with Crippen molar-refractivity contribution < 1.29 is 0 Å². The Balaban J connectivity index is 1.93. The van der Waals surface area contributed by atoms with E-state index in [0.717, 1.165) is 25.9 Å². The molecule has 4 heteroatoms. The maximum absolute atomic E-state index is 3.85. The first kappa shape index (κ1) is 16.3. The zero-order valence-electron chi connectivity index (χ0n) is 14.6. The molecule has 1 atom stereocenters. The molecule has 1 aliphatic heterocycles. The largest absolute Gasteiger partial charge is 0.352 e. The second-order valence-corrected chi connectivity index (χ2v) is 7.33. The van der Waals surface area contributed by atoms with Gasteiger partial charge < -0.3 is 10.2 Å². The molecule has 23 heavy (non-hydrogen) atoms. The van der Waals surface area contributed by atoms with Crippen molar-refractivity contribution in [2.24, 2.45) is 0 Å². The van der Waals surface area contributed by atoms with Crippen LogP contribution in [0.1, 0.15) is 29.9 Å². The fourth-order valence-electron chi connectivity index (χ4n) is 3.42. The summed E-state index contributed by atoms with van der Waals surface area (Å²) in [5.41, 5.74) is 5.51. The van der Waals surface area contributed by atoms with Crippen molar-refractivity contribution >= 4 is 22.7 Å². The summed E-state index contributed by atoms with van der Waals surface area (Å²) >= 11 is 1.83. The van der Waals surface area contributed by atoms with E-state index in [0.29, 0.717) is 0 Å². The maximum atomic E-state index is 3.85. The fourth-order valence-corrected chi connectivity index (χ4v) is 4.13. The van der Waals surface area contributed by atoms with Gasteiger partial charge in [-0.3, -0.25) is 4.90 Å². The van der Waals surface area contributed by atoms with Crippen LogP contribution in [0.25, 0.3) is 0 Å². The van der Waals surface area contributed by atoms with Crippen molar-refractivity contribution in [1.29, 1.82) is 0 Å². The van der Waals surface area contributed by atoms with E-state index in [9.17, 15) is 0 Å². The lowest BCUT2D eigenvalue weighted by Gasteiger charge is -2.32. The summed E-state index contributed by atoms with van der Waals surface area (Å²) in [6, 6.07) is 8.93. The number of anilines is 2. The lowest BCUT2D eigenvalue weighted by atomic mass is 10.0. The van der Waals surface area contributed by atoms with Gasteiger partial charge in [0.15, 0.2) is 6.29 Å². The van der Waals surface area contributed by atoms with Crippen molar-refractivity contribution in [2.75, 3.05) is 30.4 Å². The Kier molecular flexibility index (Phi) is 4.93. The molecule has 0 spiro atoms. The first-order chi connectivity index (χ1) is 11.2. The van der Waals surface area contributed by atoms with Gasteiger partial charge in [0.1, 0.15) is 0 Å². The first-order valence-corrected chi connectivity index (χ1v) is 9.42. The number of thiophene rings is 1. The van der Waals surface area contributed by atoms with Crippen molar-refractivity contribution in [3.8, 4) is 0 Å². The molecular formula is C19H27N3S. The van der Waals surface area contributed by atoms with Crippen LogP contribution < -0.4 is 10.2 Å². The maximum Gasteiger partial charge on any atom is 0.157 e. The Morgan fingerprint density at radius 3 is 2.39 bits per heavy atom. The summed E-state index contributed by atoms with van der Waals surface area (Å²) in [5, 5.41) is 6.04. The third kappa shape index (κ3) is 3.10. The number of hydrogen-bond donors (Lipinski definition) is 1. The molecule has 0 saturated carbocycles. The highest BCUT2D eigenvalue weighted by Gasteiger charge is 2.31. The molecule has 0 aliphatic carbocycles. The molecule has 124 valence electrons. The molecule has 3 rings (SSSR count). The van der Waals surface area contributed by atoms with Crippen molar-refractivity contribution in [1.82, 2.24) is 4.90 Å². The Morgan fingerprint density at radius 2 is 1.83 bits per heavy atom. The van der Waals surface area contributed by atoms with Gasteiger partial charge in [0.2, 0.25) is 0 Å². The van der Waals surface area contributed by atoms with Crippen LogP contribution in [0.4, 0.5) is 11.4 Å². The lowest BCUT2D eigenvalue weighted by molar-refractivity contribution is 0.339. The second kappa shape index (κ2) is 6.93. The number of aryl methyl sites for hydroxylation is 3. The van der Waals surface area contributed by atoms with Crippen molar-refractivity contribution in [3.63, 3.8) is 0 Å². The zero-order valence-corrected chi connectivity index (χ0v) is 15.4. The van der Waals surface area contributed by atoms with Gasteiger partial charge >= 0.3 is 0 Å². The van der Waals surface area contributed by atoms with E-state index >= 15 is 0 Å². The molecule has 2 heterocycles. The topological polar surface area (TPSA) is 18.5 Å². The lowest BCUT2D eigenvalue weighted by Crippen LogP contribution is -2.43. The van der Waals surface area contributed by atoms with Crippen LogP contribution in [-0.4, -0.2) is 31.3 Å². The number of nitrogens with one attached hydrogen (secondary N) is 1. The van der Waals surface area contributed by atoms with Gasteiger partial charge in [-0.1, -0.05) is 32.0 Å². The highest BCUT2D eigenvalue weighted by Crippen LogP contribution is 2.32. The number of hydrogen-bond acceptors (Lipinski definition) is 4. The molecule has 1 aromatic carbocycles. The predicted octanol–water partition coefficient (Wildman–Crippen LogP) is 4.33. The van der Waals surface area contributed by atoms with Crippen LogP contribution >= 0.6 is 11.3 Å². The molecule has 1 unspecified atom stereocenters. The minimum Gasteiger partial charge on any atom is -0.352 e. The number of nitrogens with zero attached hydrogens (tertiary/aromatic N) is 2.